The Morgan fingerprint density at radius 2 is 1.74 bits per heavy atom. The molecule has 0 unspecified atom stereocenters. The first-order valence-corrected chi connectivity index (χ1v) is 5.67. The number of nitrogens with zero attached hydrogens (tertiary/aromatic N) is 2. The van der Waals surface area contributed by atoms with Crippen molar-refractivity contribution in [3.63, 3.8) is 0 Å². The van der Waals surface area contributed by atoms with Gasteiger partial charge in [0.15, 0.2) is 0 Å². The van der Waals surface area contributed by atoms with Gasteiger partial charge in [0.2, 0.25) is 5.82 Å². The number of hydrogen-bond acceptors (Lipinski definition) is 3. The van der Waals surface area contributed by atoms with Crippen molar-refractivity contribution in [1.29, 1.82) is 0 Å². The van der Waals surface area contributed by atoms with Crippen molar-refractivity contribution in [3.8, 4) is 11.1 Å². The van der Waals surface area contributed by atoms with Crippen LogP contribution in [0.15, 0.2) is 30.6 Å². The Kier molecular flexibility index (Phi) is 3.73. The standard InChI is InChI=1S/C12H9ClF3N3/c13-10-2-1-7(3-8(10)4-17)9-5-18-11(19-6-9)12(14,15)16/h1-3,5-6H,4,17H2. The number of nitrogens with two attached hydrogens (primary N) is 1. The van der Waals surface area contributed by atoms with E-state index in [0.29, 0.717) is 21.7 Å². The zero-order valence-corrected chi connectivity index (χ0v) is 10.3. The lowest BCUT2D eigenvalue weighted by Gasteiger charge is -2.07. The summed E-state index contributed by atoms with van der Waals surface area (Å²) >= 11 is 5.91. The molecular weight excluding hydrogens is 279 g/mol. The number of halogens is 4. The molecule has 2 rings (SSSR count). The van der Waals surface area contributed by atoms with E-state index in [1.165, 1.54) is 0 Å². The van der Waals surface area contributed by atoms with Crippen molar-refractivity contribution in [2.45, 2.75) is 12.7 Å². The number of benzene rings is 1. The fraction of sp³-hybridized carbons (Fsp3) is 0.167. The molecule has 0 aliphatic carbocycles. The first-order valence-electron chi connectivity index (χ1n) is 5.30. The monoisotopic (exact) mass is 287 g/mol. The summed E-state index contributed by atoms with van der Waals surface area (Å²) in [6, 6.07) is 5.01. The molecule has 1 aromatic carbocycles. The van der Waals surface area contributed by atoms with E-state index < -0.39 is 12.0 Å². The lowest BCUT2D eigenvalue weighted by molar-refractivity contribution is -0.144. The fourth-order valence-electron chi connectivity index (χ4n) is 1.53. The molecule has 1 heterocycles. The highest BCUT2D eigenvalue weighted by Crippen LogP contribution is 2.28. The molecule has 0 aliphatic rings. The molecule has 0 radical (unpaired) electrons. The predicted molar refractivity (Wildman–Crippen MR) is 65.4 cm³/mol. The minimum absolute atomic E-state index is 0.244. The van der Waals surface area contributed by atoms with Crippen LogP contribution in [0.3, 0.4) is 0 Å². The second kappa shape index (κ2) is 5.14. The quantitative estimate of drug-likeness (QED) is 0.922. The average molecular weight is 288 g/mol. The molecule has 0 fully saturated rings. The minimum atomic E-state index is -4.54. The summed E-state index contributed by atoms with van der Waals surface area (Å²) in [7, 11) is 0. The summed E-state index contributed by atoms with van der Waals surface area (Å²) in [6.07, 6.45) is -2.29. The summed E-state index contributed by atoms with van der Waals surface area (Å²) in [4.78, 5) is 6.61. The first-order chi connectivity index (χ1) is 8.91. The molecule has 3 nitrogen and oxygen atoms in total. The predicted octanol–water partition coefficient (Wildman–Crippen LogP) is 3.27. The molecule has 0 amide bonds. The Balaban J connectivity index is 2.37. The summed E-state index contributed by atoms with van der Waals surface area (Å²) in [5.74, 6) is -1.16. The first kappa shape index (κ1) is 13.8. The van der Waals surface area contributed by atoms with Crippen molar-refractivity contribution in [1.82, 2.24) is 9.97 Å². The molecule has 0 bridgehead atoms. The van der Waals surface area contributed by atoms with Crippen LogP contribution >= 0.6 is 11.6 Å². The van der Waals surface area contributed by atoms with E-state index in [9.17, 15) is 13.2 Å². The third-order valence-electron chi connectivity index (χ3n) is 2.50. The third-order valence-corrected chi connectivity index (χ3v) is 2.87. The Morgan fingerprint density at radius 3 is 2.26 bits per heavy atom. The van der Waals surface area contributed by atoms with Gasteiger partial charge in [-0.2, -0.15) is 13.2 Å². The number of rotatable bonds is 2. The second-order valence-electron chi connectivity index (χ2n) is 3.80. The van der Waals surface area contributed by atoms with Crippen molar-refractivity contribution >= 4 is 11.6 Å². The smallest absolute Gasteiger partial charge is 0.326 e. The van der Waals surface area contributed by atoms with Crippen LogP contribution in [0.1, 0.15) is 11.4 Å². The van der Waals surface area contributed by atoms with Gasteiger partial charge in [-0.1, -0.05) is 17.7 Å². The molecule has 19 heavy (non-hydrogen) atoms. The van der Waals surface area contributed by atoms with Crippen LogP contribution in [0.4, 0.5) is 13.2 Å². The maximum absolute atomic E-state index is 12.3. The van der Waals surface area contributed by atoms with Gasteiger partial charge in [-0.15, -0.1) is 0 Å². The summed E-state index contributed by atoms with van der Waals surface area (Å²) in [5, 5.41) is 0.513. The van der Waals surface area contributed by atoms with Crippen LogP contribution in [0, 0.1) is 0 Å². The van der Waals surface area contributed by atoms with Gasteiger partial charge in [0.05, 0.1) is 0 Å². The molecule has 0 saturated heterocycles. The molecule has 7 heteroatoms. The van der Waals surface area contributed by atoms with Gasteiger partial charge < -0.3 is 5.73 Å². The molecule has 1 aromatic heterocycles. The third kappa shape index (κ3) is 3.02. The van der Waals surface area contributed by atoms with Gasteiger partial charge in [0, 0.05) is 29.5 Å². The Morgan fingerprint density at radius 1 is 1.11 bits per heavy atom. The normalized spacial score (nSPS) is 11.6. The maximum Gasteiger partial charge on any atom is 0.451 e. The zero-order valence-electron chi connectivity index (χ0n) is 9.58. The highest BCUT2D eigenvalue weighted by atomic mass is 35.5. The summed E-state index contributed by atoms with van der Waals surface area (Å²) in [6.45, 7) is 0.244. The highest BCUT2D eigenvalue weighted by Gasteiger charge is 2.34. The van der Waals surface area contributed by atoms with E-state index in [0.717, 1.165) is 12.4 Å². The van der Waals surface area contributed by atoms with Gasteiger partial charge in [-0.3, -0.25) is 0 Å². The highest BCUT2D eigenvalue weighted by molar-refractivity contribution is 6.31. The largest absolute Gasteiger partial charge is 0.451 e. The van der Waals surface area contributed by atoms with E-state index >= 15 is 0 Å². The molecular formula is C12H9ClF3N3. The Bertz CT molecular complexity index is 582. The van der Waals surface area contributed by atoms with Crippen molar-refractivity contribution in [2.24, 2.45) is 5.73 Å². The summed E-state index contributed by atoms with van der Waals surface area (Å²) < 4.78 is 37.0. The van der Waals surface area contributed by atoms with Crippen LogP contribution in [-0.4, -0.2) is 9.97 Å². The van der Waals surface area contributed by atoms with Gasteiger partial charge in [0.25, 0.3) is 0 Å². The maximum atomic E-state index is 12.3. The van der Waals surface area contributed by atoms with E-state index in [-0.39, 0.29) is 6.54 Å². The van der Waals surface area contributed by atoms with Gasteiger partial charge in [0.1, 0.15) is 0 Å². The van der Waals surface area contributed by atoms with E-state index in [1.54, 1.807) is 18.2 Å². The molecule has 0 saturated carbocycles. The van der Waals surface area contributed by atoms with Crippen LogP contribution in [0.5, 0.6) is 0 Å². The van der Waals surface area contributed by atoms with E-state index in [2.05, 4.69) is 9.97 Å². The van der Waals surface area contributed by atoms with Crippen LogP contribution in [0.2, 0.25) is 5.02 Å². The Labute approximate surface area is 112 Å². The molecule has 100 valence electrons. The average Bonchev–Trinajstić information content (AvgIpc) is 2.38. The van der Waals surface area contributed by atoms with Crippen molar-refractivity contribution in [2.75, 3.05) is 0 Å². The van der Waals surface area contributed by atoms with Gasteiger partial charge >= 0.3 is 6.18 Å². The number of aromatic nitrogens is 2. The zero-order chi connectivity index (χ0) is 14.0. The summed E-state index contributed by atoms with van der Waals surface area (Å²) in [5.41, 5.74) is 7.36. The van der Waals surface area contributed by atoms with Gasteiger partial charge in [-0.05, 0) is 23.3 Å². The SMILES string of the molecule is NCc1cc(-c2cnc(C(F)(F)F)nc2)ccc1Cl. The molecule has 0 atom stereocenters. The van der Waals surface area contributed by atoms with Gasteiger partial charge in [-0.25, -0.2) is 9.97 Å². The molecule has 0 aliphatic heterocycles. The Hall–Kier alpha value is -1.66. The van der Waals surface area contributed by atoms with E-state index in [1.807, 2.05) is 0 Å². The number of alkyl halides is 3. The molecule has 2 aromatic rings. The molecule has 2 N–H and O–H groups in total. The number of hydrogen-bond donors (Lipinski definition) is 1. The van der Waals surface area contributed by atoms with Crippen LogP contribution in [0.25, 0.3) is 11.1 Å². The minimum Gasteiger partial charge on any atom is -0.326 e. The van der Waals surface area contributed by atoms with Crippen molar-refractivity contribution < 1.29 is 13.2 Å². The van der Waals surface area contributed by atoms with Crippen LogP contribution in [-0.2, 0) is 12.7 Å². The molecule has 0 spiro atoms. The lowest BCUT2D eigenvalue weighted by atomic mass is 10.1. The fourth-order valence-corrected chi connectivity index (χ4v) is 1.73. The lowest BCUT2D eigenvalue weighted by Crippen LogP contribution is -2.10. The topological polar surface area (TPSA) is 51.8 Å². The second-order valence-corrected chi connectivity index (χ2v) is 4.21. The van der Waals surface area contributed by atoms with E-state index in [4.69, 9.17) is 17.3 Å². The van der Waals surface area contributed by atoms with Crippen molar-refractivity contribution in [3.05, 3.63) is 47.0 Å². The van der Waals surface area contributed by atoms with Crippen LogP contribution < -0.4 is 5.73 Å².